The molecule has 2 rings (SSSR count). The standard InChI is InChI=1S/C22H26N2O6S/c1-3-4-17-5-7-18(8-6-17)21(26)15-30-22(27)13-14-23-31(28,29)20-11-9-19(10-12-20)24-16(2)25/h5-12,23H,3-4,13-15H2,1-2H3,(H,24,25). The van der Waals surface area contributed by atoms with Gasteiger partial charge in [0.25, 0.3) is 0 Å². The second-order valence-corrected chi connectivity index (χ2v) is 8.65. The highest BCUT2D eigenvalue weighted by Gasteiger charge is 2.15. The molecule has 2 aromatic carbocycles. The molecule has 166 valence electrons. The van der Waals surface area contributed by atoms with E-state index in [0.717, 1.165) is 18.4 Å². The normalized spacial score (nSPS) is 11.0. The van der Waals surface area contributed by atoms with E-state index in [1.807, 2.05) is 12.1 Å². The molecular weight excluding hydrogens is 420 g/mol. The maximum Gasteiger partial charge on any atom is 0.307 e. The van der Waals surface area contributed by atoms with Crippen molar-refractivity contribution < 1.29 is 27.5 Å². The van der Waals surface area contributed by atoms with Crippen molar-refractivity contribution in [2.75, 3.05) is 18.5 Å². The first kappa shape index (κ1) is 24.2. The fraction of sp³-hybridized carbons (Fsp3) is 0.318. The lowest BCUT2D eigenvalue weighted by atomic mass is 10.1. The van der Waals surface area contributed by atoms with E-state index in [9.17, 15) is 22.8 Å². The SMILES string of the molecule is CCCc1ccc(C(=O)COC(=O)CCNS(=O)(=O)c2ccc(NC(C)=O)cc2)cc1. The monoisotopic (exact) mass is 446 g/mol. The average molecular weight is 447 g/mol. The minimum Gasteiger partial charge on any atom is -0.457 e. The van der Waals surface area contributed by atoms with E-state index >= 15 is 0 Å². The quantitative estimate of drug-likeness (QED) is 0.405. The number of ketones is 1. The molecule has 0 spiro atoms. The number of nitrogens with one attached hydrogen (secondary N) is 2. The van der Waals surface area contributed by atoms with Crippen molar-refractivity contribution in [2.24, 2.45) is 0 Å². The summed E-state index contributed by atoms with van der Waals surface area (Å²) in [5.74, 6) is -1.27. The third kappa shape index (κ3) is 7.95. The van der Waals surface area contributed by atoms with Crippen molar-refractivity contribution in [3.8, 4) is 0 Å². The molecule has 2 aromatic rings. The van der Waals surface area contributed by atoms with Crippen LogP contribution in [-0.2, 0) is 30.8 Å². The first-order valence-corrected chi connectivity index (χ1v) is 11.3. The number of carbonyl (C=O) groups is 3. The molecule has 0 aliphatic heterocycles. The molecule has 0 aromatic heterocycles. The average Bonchev–Trinajstić information content (AvgIpc) is 2.72. The number of benzene rings is 2. The molecule has 31 heavy (non-hydrogen) atoms. The zero-order valence-corrected chi connectivity index (χ0v) is 18.3. The van der Waals surface area contributed by atoms with Crippen LogP contribution in [0.4, 0.5) is 5.69 Å². The van der Waals surface area contributed by atoms with Crippen LogP contribution in [0.15, 0.2) is 53.4 Å². The third-order valence-corrected chi connectivity index (χ3v) is 5.76. The van der Waals surface area contributed by atoms with Crippen LogP contribution in [0.25, 0.3) is 0 Å². The van der Waals surface area contributed by atoms with Crippen LogP contribution in [0.2, 0.25) is 0 Å². The van der Waals surface area contributed by atoms with Crippen LogP contribution in [0.3, 0.4) is 0 Å². The third-order valence-electron chi connectivity index (χ3n) is 4.29. The van der Waals surface area contributed by atoms with Gasteiger partial charge in [0.05, 0.1) is 11.3 Å². The van der Waals surface area contributed by atoms with Gasteiger partial charge < -0.3 is 10.1 Å². The number of aryl methyl sites for hydroxylation is 1. The number of anilines is 1. The molecule has 1 amide bonds. The Hall–Kier alpha value is -3.04. The van der Waals surface area contributed by atoms with E-state index in [2.05, 4.69) is 17.0 Å². The number of ether oxygens (including phenoxy) is 1. The van der Waals surface area contributed by atoms with Crippen LogP contribution >= 0.6 is 0 Å². The Bertz CT molecular complexity index is 1010. The number of sulfonamides is 1. The van der Waals surface area contributed by atoms with Crippen molar-refractivity contribution in [3.63, 3.8) is 0 Å². The van der Waals surface area contributed by atoms with Crippen LogP contribution in [0.5, 0.6) is 0 Å². The smallest absolute Gasteiger partial charge is 0.307 e. The Morgan fingerprint density at radius 1 is 0.968 bits per heavy atom. The van der Waals surface area contributed by atoms with E-state index in [-0.39, 0.29) is 29.6 Å². The van der Waals surface area contributed by atoms with E-state index < -0.39 is 22.6 Å². The number of rotatable bonds is 11. The van der Waals surface area contributed by atoms with Crippen molar-refractivity contribution in [3.05, 3.63) is 59.7 Å². The number of amides is 1. The predicted octanol–water partition coefficient (Wildman–Crippen LogP) is 2.69. The topological polar surface area (TPSA) is 119 Å². The van der Waals surface area contributed by atoms with Crippen molar-refractivity contribution >= 4 is 33.4 Å². The Morgan fingerprint density at radius 2 is 1.61 bits per heavy atom. The molecule has 2 N–H and O–H groups in total. The maximum absolute atomic E-state index is 12.3. The van der Waals surface area contributed by atoms with Gasteiger partial charge in [-0.25, -0.2) is 13.1 Å². The predicted molar refractivity (Wildman–Crippen MR) is 116 cm³/mol. The molecule has 0 aliphatic rings. The Balaban J connectivity index is 1.77. The summed E-state index contributed by atoms with van der Waals surface area (Å²) in [4.78, 5) is 35.0. The molecular formula is C22H26N2O6S. The molecule has 0 heterocycles. The zero-order valence-electron chi connectivity index (χ0n) is 17.5. The summed E-state index contributed by atoms with van der Waals surface area (Å²) in [5.41, 5.74) is 2.06. The number of carbonyl (C=O) groups excluding carboxylic acids is 3. The van der Waals surface area contributed by atoms with Crippen LogP contribution in [-0.4, -0.2) is 39.2 Å². The van der Waals surface area contributed by atoms with Gasteiger partial charge in [-0.05, 0) is 36.2 Å². The van der Waals surface area contributed by atoms with Crippen LogP contribution < -0.4 is 10.0 Å². The lowest BCUT2D eigenvalue weighted by Gasteiger charge is -2.08. The lowest BCUT2D eigenvalue weighted by molar-refractivity contribution is -0.142. The Morgan fingerprint density at radius 3 is 2.19 bits per heavy atom. The second kappa shape index (κ2) is 11.4. The summed E-state index contributed by atoms with van der Waals surface area (Å²) in [6.07, 6.45) is 1.72. The lowest BCUT2D eigenvalue weighted by Crippen LogP contribution is -2.27. The van der Waals surface area contributed by atoms with Crippen molar-refractivity contribution in [2.45, 2.75) is 38.0 Å². The Kier molecular flexibility index (Phi) is 8.89. The van der Waals surface area contributed by atoms with Gasteiger partial charge in [-0.2, -0.15) is 0 Å². The summed E-state index contributed by atoms with van der Waals surface area (Å²) in [5, 5.41) is 2.54. The zero-order chi connectivity index (χ0) is 22.9. The fourth-order valence-corrected chi connectivity index (χ4v) is 3.77. The van der Waals surface area contributed by atoms with E-state index in [1.54, 1.807) is 12.1 Å². The molecule has 8 nitrogen and oxygen atoms in total. The molecule has 0 saturated carbocycles. The van der Waals surface area contributed by atoms with Gasteiger partial charge in [-0.1, -0.05) is 37.6 Å². The largest absolute Gasteiger partial charge is 0.457 e. The summed E-state index contributed by atoms with van der Waals surface area (Å²) >= 11 is 0. The first-order valence-electron chi connectivity index (χ1n) is 9.86. The Labute approximate surface area is 182 Å². The minimum atomic E-state index is -3.82. The number of hydrogen-bond acceptors (Lipinski definition) is 6. The van der Waals surface area contributed by atoms with E-state index in [4.69, 9.17) is 4.74 Å². The van der Waals surface area contributed by atoms with Crippen molar-refractivity contribution in [1.82, 2.24) is 4.72 Å². The summed E-state index contributed by atoms with van der Waals surface area (Å²) in [6, 6.07) is 12.8. The highest BCUT2D eigenvalue weighted by atomic mass is 32.2. The molecule has 0 saturated heterocycles. The van der Waals surface area contributed by atoms with Gasteiger partial charge >= 0.3 is 5.97 Å². The summed E-state index contributed by atoms with van der Waals surface area (Å²) in [6.45, 7) is 2.85. The molecule has 0 atom stereocenters. The molecule has 9 heteroatoms. The van der Waals surface area contributed by atoms with Crippen LogP contribution in [0, 0.1) is 0 Å². The second-order valence-electron chi connectivity index (χ2n) is 6.88. The molecule has 0 bridgehead atoms. The van der Waals surface area contributed by atoms with Gasteiger partial charge in [-0.15, -0.1) is 0 Å². The fourth-order valence-electron chi connectivity index (χ4n) is 2.74. The van der Waals surface area contributed by atoms with Gasteiger partial charge in [0.2, 0.25) is 15.9 Å². The highest BCUT2D eigenvalue weighted by molar-refractivity contribution is 7.89. The number of esters is 1. The molecule has 0 fully saturated rings. The van der Waals surface area contributed by atoms with Crippen LogP contribution in [0.1, 0.15) is 42.6 Å². The van der Waals surface area contributed by atoms with Gasteiger partial charge in [0, 0.05) is 24.7 Å². The van der Waals surface area contributed by atoms with Gasteiger partial charge in [0.15, 0.2) is 12.4 Å². The van der Waals surface area contributed by atoms with E-state index in [1.165, 1.54) is 31.2 Å². The summed E-state index contributed by atoms with van der Waals surface area (Å²) < 4.78 is 31.8. The highest BCUT2D eigenvalue weighted by Crippen LogP contribution is 2.14. The summed E-state index contributed by atoms with van der Waals surface area (Å²) in [7, 11) is -3.82. The van der Waals surface area contributed by atoms with Gasteiger partial charge in [-0.3, -0.25) is 14.4 Å². The molecule has 0 unspecified atom stereocenters. The minimum absolute atomic E-state index is 0.00309. The first-order chi connectivity index (χ1) is 14.7. The van der Waals surface area contributed by atoms with Gasteiger partial charge in [0.1, 0.15) is 0 Å². The number of hydrogen-bond donors (Lipinski definition) is 2. The van der Waals surface area contributed by atoms with Crippen molar-refractivity contribution in [1.29, 1.82) is 0 Å². The maximum atomic E-state index is 12.3. The number of Topliss-reactive ketones (excluding diaryl/α,β-unsaturated/α-hetero) is 1. The van der Waals surface area contributed by atoms with E-state index in [0.29, 0.717) is 11.3 Å². The molecule has 0 radical (unpaired) electrons. The molecule has 0 aliphatic carbocycles.